The maximum Gasteiger partial charge on any atom is 0.265 e. The van der Waals surface area contributed by atoms with Gasteiger partial charge in [0.25, 0.3) is 5.91 Å². The van der Waals surface area contributed by atoms with E-state index in [0.29, 0.717) is 0 Å². The minimum atomic E-state index is -0.421. The molecule has 2 N–H and O–H groups in total. The van der Waals surface area contributed by atoms with Gasteiger partial charge in [-0.3, -0.25) is 9.69 Å². The van der Waals surface area contributed by atoms with Gasteiger partial charge in [-0.25, -0.2) is 0 Å². The topological polar surface area (TPSA) is 53.6 Å². The minimum absolute atomic E-state index is 0.0942. The first-order valence-corrected chi connectivity index (χ1v) is 6.03. The molecular formula is C13H19N3O2. The summed E-state index contributed by atoms with van der Waals surface area (Å²) in [7, 11) is 3.95. The number of ether oxygens (including phenoxy) is 1. The molecule has 1 unspecified atom stereocenters. The first-order chi connectivity index (χ1) is 8.60. The summed E-state index contributed by atoms with van der Waals surface area (Å²) in [5.41, 5.74) is 1.90. The Balaban J connectivity index is 2.12. The largest absolute Gasteiger partial charge is 0.479 e. The van der Waals surface area contributed by atoms with Gasteiger partial charge in [0.2, 0.25) is 0 Å². The van der Waals surface area contributed by atoms with Gasteiger partial charge >= 0.3 is 0 Å². The Kier molecular flexibility index (Phi) is 3.84. The van der Waals surface area contributed by atoms with Crippen molar-refractivity contribution >= 4 is 11.6 Å². The number of fused-ring (bicyclic) bond motifs is 1. The van der Waals surface area contributed by atoms with Gasteiger partial charge in [0, 0.05) is 13.2 Å². The Morgan fingerprint density at radius 2 is 2.28 bits per heavy atom. The highest BCUT2D eigenvalue weighted by Crippen LogP contribution is 2.30. The van der Waals surface area contributed by atoms with Gasteiger partial charge in [-0.1, -0.05) is 6.07 Å². The van der Waals surface area contributed by atoms with E-state index in [1.54, 1.807) is 6.92 Å². The molecule has 0 spiro atoms. The Morgan fingerprint density at radius 1 is 1.50 bits per heavy atom. The fourth-order valence-corrected chi connectivity index (χ4v) is 1.99. The van der Waals surface area contributed by atoms with Crippen molar-refractivity contribution in [1.29, 1.82) is 0 Å². The molecule has 0 bridgehead atoms. The molecule has 0 fully saturated rings. The summed E-state index contributed by atoms with van der Waals surface area (Å²) in [5.74, 6) is 0.644. The molecule has 1 aromatic rings. The number of hydrogen-bond donors (Lipinski definition) is 2. The number of rotatable bonds is 4. The third-order valence-corrected chi connectivity index (χ3v) is 2.86. The molecule has 1 heterocycles. The van der Waals surface area contributed by atoms with E-state index in [1.807, 2.05) is 32.3 Å². The average Bonchev–Trinajstić information content (AvgIpc) is 2.31. The average molecular weight is 249 g/mol. The number of nitrogens with zero attached hydrogens (tertiary/aromatic N) is 1. The van der Waals surface area contributed by atoms with E-state index < -0.39 is 6.10 Å². The number of anilines is 1. The van der Waals surface area contributed by atoms with Crippen LogP contribution in [0.15, 0.2) is 18.2 Å². The highest BCUT2D eigenvalue weighted by molar-refractivity contribution is 5.97. The second kappa shape index (κ2) is 5.37. The second-order valence-corrected chi connectivity index (χ2v) is 4.61. The third-order valence-electron chi connectivity index (χ3n) is 2.86. The molecule has 18 heavy (non-hydrogen) atoms. The molecule has 2 rings (SSSR count). The Morgan fingerprint density at radius 3 is 3.00 bits per heavy atom. The maximum absolute atomic E-state index is 11.5. The summed E-state index contributed by atoms with van der Waals surface area (Å²) < 4.78 is 5.51. The fourth-order valence-electron chi connectivity index (χ4n) is 1.99. The standard InChI is InChI=1S/C13H19N3O2/c1-9-13(17)15-11-6-10(4-5-12(11)18-9)7-16(3)8-14-2/h4-6,9,14H,7-8H2,1-3H3,(H,15,17). The van der Waals surface area contributed by atoms with Crippen LogP contribution in [-0.4, -0.2) is 37.7 Å². The molecule has 0 aromatic heterocycles. The van der Waals surface area contributed by atoms with Gasteiger partial charge in [-0.15, -0.1) is 0 Å². The van der Waals surface area contributed by atoms with Crippen LogP contribution in [-0.2, 0) is 11.3 Å². The van der Waals surface area contributed by atoms with E-state index in [2.05, 4.69) is 15.5 Å². The van der Waals surface area contributed by atoms with Gasteiger partial charge < -0.3 is 15.4 Å². The Hall–Kier alpha value is -1.59. The lowest BCUT2D eigenvalue weighted by molar-refractivity contribution is -0.122. The van der Waals surface area contributed by atoms with E-state index in [4.69, 9.17) is 4.74 Å². The lowest BCUT2D eigenvalue weighted by Crippen LogP contribution is -2.34. The van der Waals surface area contributed by atoms with Crippen molar-refractivity contribution in [2.45, 2.75) is 19.6 Å². The first-order valence-electron chi connectivity index (χ1n) is 6.03. The van der Waals surface area contributed by atoms with Gasteiger partial charge in [0.15, 0.2) is 6.10 Å². The molecular weight excluding hydrogens is 230 g/mol. The molecule has 0 saturated carbocycles. The third kappa shape index (κ3) is 2.80. The van der Waals surface area contributed by atoms with E-state index in [9.17, 15) is 4.79 Å². The molecule has 1 atom stereocenters. The van der Waals surface area contributed by atoms with Crippen LogP contribution in [0, 0.1) is 0 Å². The molecule has 0 aliphatic carbocycles. The zero-order valence-electron chi connectivity index (χ0n) is 11.0. The van der Waals surface area contributed by atoms with Crippen LogP contribution in [0.3, 0.4) is 0 Å². The summed E-state index contributed by atoms with van der Waals surface area (Å²) in [6.45, 7) is 3.38. The van der Waals surface area contributed by atoms with Crippen LogP contribution >= 0.6 is 0 Å². The van der Waals surface area contributed by atoms with Crippen LogP contribution in [0.2, 0.25) is 0 Å². The molecule has 1 amide bonds. The van der Waals surface area contributed by atoms with Gasteiger partial charge in [-0.05, 0) is 38.7 Å². The van der Waals surface area contributed by atoms with Crippen molar-refractivity contribution in [3.63, 3.8) is 0 Å². The van der Waals surface area contributed by atoms with Gasteiger partial charge in [0.05, 0.1) is 5.69 Å². The zero-order chi connectivity index (χ0) is 13.1. The number of amides is 1. The normalized spacial score (nSPS) is 18.2. The number of nitrogens with one attached hydrogen (secondary N) is 2. The second-order valence-electron chi connectivity index (χ2n) is 4.61. The predicted molar refractivity (Wildman–Crippen MR) is 70.6 cm³/mol. The fraction of sp³-hybridized carbons (Fsp3) is 0.462. The van der Waals surface area contributed by atoms with Gasteiger partial charge in [0.1, 0.15) is 5.75 Å². The molecule has 5 nitrogen and oxygen atoms in total. The number of carbonyl (C=O) groups is 1. The Labute approximate surface area is 107 Å². The molecule has 1 aliphatic rings. The first kappa shape index (κ1) is 12.9. The highest BCUT2D eigenvalue weighted by Gasteiger charge is 2.23. The monoisotopic (exact) mass is 249 g/mol. The van der Waals surface area contributed by atoms with Crippen LogP contribution in [0.5, 0.6) is 5.75 Å². The van der Waals surface area contributed by atoms with Gasteiger partial charge in [-0.2, -0.15) is 0 Å². The van der Waals surface area contributed by atoms with Crippen molar-refractivity contribution in [2.75, 3.05) is 26.1 Å². The molecule has 98 valence electrons. The molecule has 0 radical (unpaired) electrons. The number of hydrogen-bond acceptors (Lipinski definition) is 4. The highest BCUT2D eigenvalue weighted by atomic mass is 16.5. The Bertz CT molecular complexity index is 448. The van der Waals surface area contributed by atoms with E-state index in [-0.39, 0.29) is 5.91 Å². The van der Waals surface area contributed by atoms with E-state index in [1.165, 1.54) is 0 Å². The smallest absolute Gasteiger partial charge is 0.265 e. The number of benzene rings is 1. The van der Waals surface area contributed by atoms with E-state index >= 15 is 0 Å². The SMILES string of the molecule is CNCN(C)Cc1ccc2c(c1)NC(=O)C(C)O2. The van der Waals surface area contributed by atoms with Crippen molar-refractivity contribution in [1.82, 2.24) is 10.2 Å². The zero-order valence-corrected chi connectivity index (χ0v) is 11.0. The summed E-state index contributed by atoms with van der Waals surface area (Å²) in [6, 6.07) is 5.90. The summed E-state index contributed by atoms with van der Waals surface area (Å²) >= 11 is 0. The quantitative estimate of drug-likeness (QED) is 0.782. The molecule has 0 saturated heterocycles. The van der Waals surface area contributed by atoms with Crippen LogP contribution in [0.25, 0.3) is 0 Å². The molecule has 1 aliphatic heterocycles. The van der Waals surface area contributed by atoms with Crippen LogP contribution in [0.4, 0.5) is 5.69 Å². The predicted octanol–water partition coefficient (Wildman–Crippen LogP) is 1.01. The number of carbonyl (C=O) groups excluding carboxylic acids is 1. The lowest BCUT2D eigenvalue weighted by Gasteiger charge is -2.24. The molecule has 1 aromatic carbocycles. The summed E-state index contributed by atoms with van der Waals surface area (Å²) in [4.78, 5) is 13.7. The lowest BCUT2D eigenvalue weighted by atomic mass is 10.1. The van der Waals surface area contributed by atoms with Crippen LogP contribution in [0.1, 0.15) is 12.5 Å². The van der Waals surface area contributed by atoms with Crippen molar-refractivity contribution < 1.29 is 9.53 Å². The molecule has 5 heteroatoms. The minimum Gasteiger partial charge on any atom is -0.479 e. The van der Waals surface area contributed by atoms with E-state index in [0.717, 1.165) is 30.2 Å². The van der Waals surface area contributed by atoms with Crippen molar-refractivity contribution in [3.05, 3.63) is 23.8 Å². The van der Waals surface area contributed by atoms with Crippen LogP contribution < -0.4 is 15.4 Å². The van der Waals surface area contributed by atoms with Crippen molar-refractivity contribution in [2.24, 2.45) is 0 Å². The van der Waals surface area contributed by atoms with Crippen molar-refractivity contribution in [3.8, 4) is 5.75 Å². The summed E-state index contributed by atoms with van der Waals surface area (Å²) in [5, 5.41) is 5.95. The maximum atomic E-state index is 11.5. The summed E-state index contributed by atoms with van der Waals surface area (Å²) in [6.07, 6.45) is -0.421.